The van der Waals surface area contributed by atoms with Gasteiger partial charge in [0.2, 0.25) is 0 Å². The molecule has 0 bridgehead atoms. The van der Waals surface area contributed by atoms with Gasteiger partial charge in [-0.3, -0.25) is 0 Å². The van der Waals surface area contributed by atoms with Crippen LogP contribution in [0.3, 0.4) is 0 Å². The molecular formula is C100H68N4O2. The lowest BCUT2D eigenvalue weighted by Crippen LogP contribution is -2.14. The fraction of sp³-hybridized carbons (Fsp3) is 0.0800. The van der Waals surface area contributed by atoms with E-state index in [1.807, 2.05) is 0 Å². The van der Waals surface area contributed by atoms with Gasteiger partial charge >= 0.3 is 0 Å². The van der Waals surface area contributed by atoms with Gasteiger partial charge in [0.25, 0.3) is 0 Å². The molecule has 0 saturated carbocycles. The van der Waals surface area contributed by atoms with Crippen LogP contribution in [0.2, 0.25) is 0 Å². The van der Waals surface area contributed by atoms with Crippen LogP contribution in [0.4, 0.5) is 0 Å². The van der Waals surface area contributed by atoms with Crippen molar-refractivity contribution in [3.05, 3.63) is 360 Å². The molecule has 0 spiro atoms. The molecule has 0 atom stereocenters. The Morgan fingerprint density at radius 1 is 0.236 bits per heavy atom. The molecule has 4 aromatic heterocycles. The first-order valence-electron chi connectivity index (χ1n) is 36.7. The van der Waals surface area contributed by atoms with Crippen LogP contribution in [0.1, 0.15) is 72.2 Å². The minimum atomic E-state index is -0.0540. The summed E-state index contributed by atoms with van der Waals surface area (Å²) >= 11 is 0. The van der Waals surface area contributed by atoms with Crippen LogP contribution < -0.4 is 0 Å². The number of fused-ring (bicyclic) bond motifs is 18. The number of aromatic nitrogens is 4. The van der Waals surface area contributed by atoms with Crippen molar-refractivity contribution in [2.45, 2.75) is 51.4 Å². The Labute approximate surface area is 614 Å². The minimum Gasteiger partial charge on any atom is -0.452 e. The summed E-state index contributed by atoms with van der Waals surface area (Å²) in [5.74, 6) is 0. The molecule has 4 heterocycles. The van der Waals surface area contributed by atoms with E-state index in [4.69, 9.17) is 28.8 Å². The lowest BCUT2D eigenvalue weighted by molar-refractivity contribution is 0.660. The fourth-order valence-electron chi connectivity index (χ4n) is 17.8. The molecule has 0 amide bonds. The molecule has 0 saturated heterocycles. The van der Waals surface area contributed by atoms with Gasteiger partial charge in [-0.25, -0.2) is 19.9 Å². The Bertz CT molecular complexity index is 6740. The van der Waals surface area contributed by atoms with Crippen molar-refractivity contribution in [1.82, 2.24) is 19.9 Å². The van der Waals surface area contributed by atoms with Gasteiger partial charge in [-0.2, -0.15) is 0 Å². The van der Waals surface area contributed by atoms with E-state index in [1.54, 1.807) is 12.7 Å². The SMILES string of the molecule is CC1(C)c2ccccc2-c2ccc(-c3cccc(-c4ccc5oc6c(-c7cccc(-c8ccc9c(c8)Cc8ccccc8-9)c7)ncnc6c5c4)c3)cc21.CC1(C)c2ccccc2-c2ccc(-c3cccc(-c4ncnc5c4oc4ccc(-c6cccc(-c7ccc8c(c7)Cc7ccccc7-8)c6)cc45)c3)cc21. The topological polar surface area (TPSA) is 77.8 Å². The summed E-state index contributed by atoms with van der Waals surface area (Å²) in [6, 6.07) is 110. The van der Waals surface area contributed by atoms with E-state index in [0.29, 0.717) is 11.2 Å². The number of hydrogen-bond acceptors (Lipinski definition) is 6. The van der Waals surface area contributed by atoms with Crippen LogP contribution >= 0.6 is 0 Å². The van der Waals surface area contributed by atoms with Gasteiger partial charge in [0.05, 0.1) is 0 Å². The number of nitrogens with zero attached hydrogens (tertiary/aromatic N) is 4. The molecule has 6 heteroatoms. The van der Waals surface area contributed by atoms with E-state index in [1.165, 1.54) is 122 Å². The Morgan fingerprint density at radius 3 is 0.953 bits per heavy atom. The van der Waals surface area contributed by atoms with Crippen molar-refractivity contribution in [2.75, 3.05) is 0 Å². The maximum absolute atomic E-state index is 6.54. The molecule has 6 nitrogen and oxygen atoms in total. The zero-order valence-corrected chi connectivity index (χ0v) is 59.0. The minimum absolute atomic E-state index is 0.0379. The summed E-state index contributed by atoms with van der Waals surface area (Å²) in [4.78, 5) is 19.0. The maximum Gasteiger partial charge on any atom is 0.180 e. The highest BCUT2D eigenvalue weighted by atomic mass is 16.3. The molecule has 18 aromatic rings. The van der Waals surface area contributed by atoms with Crippen molar-refractivity contribution in [3.8, 4) is 134 Å². The molecule has 0 aliphatic heterocycles. The van der Waals surface area contributed by atoms with Crippen molar-refractivity contribution in [3.63, 3.8) is 0 Å². The highest BCUT2D eigenvalue weighted by molar-refractivity contribution is 6.09. The lowest BCUT2D eigenvalue weighted by atomic mass is 9.81. The molecule has 106 heavy (non-hydrogen) atoms. The normalized spacial score (nSPS) is 13.5. The van der Waals surface area contributed by atoms with E-state index in [0.717, 1.165) is 102 Å². The van der Waals surface area contributed by atoms with E-state index in [9.17, 15) is 0 Å². The van der Waals surface area contributed by atoms with E-state index < -0.39 is 0 Å². The predicted molar refractivity (Wildman–Crippen MR) is 434 cm³/mol. The highest BCUT2D eigenvalue weighted by Gasteiger charge is 2.37. The van der Waals surface area contributed by atoms with Crippen LogP contribution in [-0.4, -0.2) is 19.9 Å². The monoisotopic (exact) mass is 1360 g/mol. The van der Waals surface area contributed by atoms with Crippen LogP contribution in [0, 0.1) is 0 Å². The summed E-state index contributed by atoms with van der Waals surface area (Å²) in [6.45, 7) is 9.32. The smallest absolute Gasteiger partial charge is 0.180 e. The first-order chi connectivity index (χ1) is 52.0. The average molecular weight is 1360 g/mol. The third-order valence-corrected chi connectivity index (χ3v) is 23.3. The summed E-state index contributed by atoms with van der Waals surface area (Å²) in [5.41, 5.74) is 44.1. The molecule has 4 aliphatic rings. The van der Waals surface area contributed by atoms with Crippen LogP contribution in [0.15, 0.2) is 325 Å². The van der Waals surface area contributed by atoms with E-state index in [-0.39, 0.29) is 10.8 Å². The molecule has 4 aliphatic carbocycles. The number of furan rings is 2. The second-order valence-corrected chi connectivity index (χ2v) is 30.0. The Balaban J connectivity index is 0.000000136. The van der Waals surface area contributed by atoms with E-state index >= 15 is 0 Å². The molecule has 14 aromatic carbocycles. The number of hydrogen-bond donors (Lipinski definition) is 0. The largest absolute Gasteiger partial charge is 0.452 e. The van der Waals surface area contributed by atoms with Crippen molar-refractivity contribution < 1.29 is 8.83 Å². The molecule has 0 unspecified atom stereocenters. The molecule has 0 fully saturated rings. The number of rotatable bonds is 8. The molecule has 500 valence electrons. The van der Waals surface area contributed by atoms with Crippen LogP contribution in [-0.2, 0) is 23.7 Å². The van der Waals surface area contributed by atoms with E-state index in [2.05, 4.69) is 331 Å². The van der Waals surface area contributed by atoms with Gasteiger partial charge in [-0.1, -0.05) is 270 Å². The quantitative estimate of drug-likeness (QED) is 0.151. The zero-order valence-electron chi connectivity index (χ0n) is 59.0. The highest BCUT2D eigenvalue weighted by Crippen LogP contribution is 2.52. The second kappa shape index (κ2) is 23.7. The lowest BCUT2D eigenvalue weighted by Gasteiger charge is -2.22. The van der Waals surface area contributed by atoms with Gasteiger partial charge in [0.15, 0.2) is 11.2 Å². The fourth-order valence-corrected chi connectivity index (χ4v) is 17.8. The second-order valence-electron chi connectivity index (χ2n) is 30.0. The standard InChI is InChI=1S/2C50H34N2O/c1-50(2)44-16-6-5-15-41(44)42-21-18-35(28-45(42)50)31-11-7-10-30(23-31)34-19-22-46-43(27-34)48-49(53-46)47(51-29-52-48)37-13-8-12-32(24-37)33-17-20-40-38(25-33)26-36-9-3-4-14-39(36)40;1-50(2)44-16-6-5-15-41(44)42-21-18-35(28-45(42)50)32-12-8-13-37(24-32)47-49-48(52-29-51-47)43-27-34(19-22-46(43)53-49)31-11-7-10-30(23-31)33-17-20-40-38(25-33)26-36-9-3-4-14-39(36)40/h2*3-25,27-29H,26H2,1-2H3. The third kappa shape index (κ3) is 9.85. The number of benzene rings is 14. The molecule has 0 N–H and O–H groups in total. The van der Waals surface area contributed by atoms with Gasteiger partial charge in [-0.15, -0.1) is 0 Å². The molecular weight excluding hydrogens is 1290 g/mol. The van der Waals surface area contributed by atoms with Crippen LogP contribution in [0.5, 0.6) is 0 Å². The summed E-state index contributed by atoms with van der Waals surface area (Å²) < 4.78 is 13.1. The summed E-state index contributed by atoms with van der Waals surface area (Å²) in [7, 11) is 0. The summed E-state index contributed by atoms with van der Waals surface area (Å²) in [5, 5.41) is 1.97. The van der Waals surface area contributed by atoms with Crippen molar-refractivity contribution in [2.24, 2.45) is 0 Å². The first kappa shape index (κ1) is 61.5. The molecule has 22 rings (SSSR count). The third-order valence-electron chi connectivity index (χ3n) is 23.3. The van der Waals surface area contributed by atoms with Crippen molar-refractivity contribution >= 4 is 44.1 Å². The zero-order chi connectivity index (χ0) is 70.5. The average Bonchev–Trinajstić information content (AvgIpc) is 1.58. The Morgan fingerprint density at radius 2 is 0.538 bits per heavy atom. The van der Waals surface area contributed by atoms with Gasteiger partial charge in [0, 0.05) is 32.7 Å². The van der Waals surface area contributed by atoms with Gasteiger partial charge < -0.3 is 8.83 Å². The first-order valence-corrected chi connectivity index (χ1v) is 36.7. The van der Waals surface area contributed by atoms with Gasteiger partial charge in [-0.05, 0) is 229 Å². The predicted octanol–water partition coefficient (Wildman–Crippen LogP) is 25.8. The van der Waals surface area contributed by atoms with Gasteiger partial charge in [0.1, 0.15) is 46.2 Å². The Kier molecular flexibility index (Phi) is 13.7. The maximum atomic E-state index is 6.54. The summed E-state index contributed by atoms with van der Waals surface area (Å²) in [6.07, 6.45) is 5.28. The van der Waals surface area contributed by atoms with Crippen LogP contribution in [0.25, 0.3) is 178 Å². The Hall–Kier alpha value is -13.2. The van der Waals surface area contributed by atoms with Crippen molar-refractivity contribution in [1.29, 1.82) is 0 Å². The molecule has 0 radical (unpaired) electrons.